The molecule has 0 unspecified atom stereocenters. The lowest BCUT2D eigenvalue weighted by molar-refractivity contribution is -0.147. The number of phenolic OH excluding ortho intramolecular Hbond substituents is 1. The van der Waals surface area contributed by atoms with Gasteiger partial charge in [0.1, 0.15) is 11.3 Å². The molecule has 0 fully saturated rings. The number of ether oxygens (including phenoxy) is 1. The van der Waals surface area contributed by atoms with Crippen LogP contribution >= 0.6 is 0 Å². The fraction of sp³-hybridized carbons (Fsp3) is 0.267. The zero-order chi connectivity index (χ0) is 16.8. The van der Waals surface area contributed by atoms with Crippen LogP contribution in [0.3, 0.4) is 0 Å². The third kappa shape index (κ3) is 4.47. The summed E-state index contributed by atoms with van der Waals surface area (Å²) in [7, 11) is 1.45. The number of fused-ring (bicyclic) bond motifs is 1. The topological polar surface area (TPSA) is 118 Å². The minimum atomic E-state index is -0.601. The lowest BCUT2D eigenvalue weighted by atomic mass is 10.1. The maximum atomic E-state index is 11.7. The normalized spacial score (nSPS) is 10.3. The second kappa shape index (κ2) is 7.30. The number of likely N-dealkylation sites (N-methyl/N-ethyl adjacent to an activating group) is 1. The van der Waals surface area contributed by atoms with Crippen LogP contribution in [0.15, 0.2) is 28.9 Å². The average Bonchev–Trinajstić information content (AvgIpc) is 2.92. The fourth-order valence-corrected chi connectivity index (χ4v) is 1.88. The molecule has 0 radical (unpaired) electrons. The predicted octanol–water partition coefficient (Wildman–Crippen LogP) is 0.0863. The Hall–Kier alpha value is -3.03. The monoisotopic (exact) mass is 320 g/mol. The van der Waals surface area contributed by atoms with Gasteiger partial charge in [-0.05, 0) is 12.1 Å². The number of phenols is 1. The van der Waals surface area contributed by atoms with E-state index in [4.69, 9.17) is 9.15 Å². The van der Waals surface area contributed by atoms with Crippen molar-refractivity contribution >= 4 is 28.8 Å². The van der Waals surface area contributed by atoms with E-state index >= 15 is 0 Å². The van der Waals surface area contributed by atoms with E-state index in [1.165, 1.54) is 25.4 Å². The maximum Gasteiger partial charge on any atom is 0.310 e. The number of benzene rings is 1. The van der Waals surface area contributed by atoms with Crippen molar-refractivity contribution in [2.24, 2.45) is 0 Å². The molecule has 2 aromatic rings. The van der Waals surface area contributed by atoms with E-state index in [0.29, 0.717) is 16.5 Å². The molecular weight excluding hydrogens is 304 g/mol. The highest BCUT2D eigenvalue weighted by Gasteiger charge is 2.13. The van der Waals surface area contributed by atoms with E-state index in [2.05, 4.69) is 10.6 Å². The zero-order valence-electron chi connectivity index (χ0n) is 12.4. The van der Waals surface area contributed by atoms with Gasteiger partial charge in [0.25, 0.3) is 5.91 Å². The Labute approximate surface area is 131 Å². The summed E-state index contributed by atoms with van der Waals surface area (Å²) >= 11 is 0. The Bertz CT molecular complexity index is 737. The minimum absolute atomic E-state index is 0.0637. The maximum absolute atomic E-state index is 11.7. The zero-order valence-corrected chi connectivity index (χ0v) is 12.4. The third-order valence-corrected chi connectivity index (χ3v) is 3.06. The first kappa shape index (κ1) is 16.3. The molecule has 8 heteroatoms. The summed E-state index contributed by atoms with van der Waals surface area (Å²) in [5.74, 6) is -1.45. The fourth-order valence-electron chi connectivity index (χ4n) is 1.88. The number of furan rings is 1. The number of carbonyl (C=O) groups is 3. The van der Waals surface area contributed by atoms with Crippen molar-refractivity contribution in [3.05, 3.63) is 30.0 Å². The van der Waals surface area contributed by atoms with Crippen molar-refractivity contribution in [2.45, 2.75) is 6.42 Å². The molecule has 0 bridgehead atoms. The number of nitrogens with one attached hydrogen (secondary N) is 2. The van der Waals surface area contributed by atoms with E-state index < -0.39 is 18.5 Å². The first-order valence-corrected chi connectivity index (χ1v) is 6.81. The summed E-state index contributed by atoms with van der Waals surface area (Å²) in [5.41, 5.74) is 1.05. The van der Waals surface area contributed by atoms with Gasteiger partial charge in [-0.2, -0.15) is 0 Å². The molecule has 1 heterocycles. The summed E-state index contributed by atoms with van der Waals surface area (Å²) in [6.07, 6.45) is 1.33. The van der Waals surface area contributed by atoms with Crippen LogP contribution in [0.25, 0.3) is 11.0 Å². The smallest absolute Gasteiger partial charge is 0.310 e. The standard InChI is InChI=1S/C15H16N2O6/c1-16-13(19)6-17-14(20)8-23-15(21)4-9-7-22-12-5-10(18)2-3-11(9)12/h2-3,5,7,18H,4,6,8H2,1H3,(H,16,19)(H,17,20). The van der Waals surface area contributed by atoms with E-state index in [9.17, 15) is 19.5 Å². The largest absolute Gasteiger partial charge is 0.508 e. The lowest BCUT2D eigenvalue weighted by Crippen LogP contribution is -2.37. The first-order chi connectivity index (χ1) is 11.0. The summed E-state index contributed by atoms with van der Waals surface area (Å²) in [6, 6.07) is 4.56. The number of amides is 2. The molecule has 1 aromatic heterocycles. The summed E-state index contributed by atoms with van der Waals surface area (Å²) in [5, 5.41) is 14.7. The van der Waals surface area contributed by atoms with E-state index in [1.54, 1.807) is 6.07 Å². The van der Waals surface area contributed by atoms with Crippen molar-refractivity contribution in [3.8, 4) is 5.75 Å². The Balaban J connectivity index is 1.84. The molecule has 23 heavy (non-hydrogen) atoms. The molecule has 0 saturated carbocycles. The number of carbonyl (C=O) groups excluding carboxylic acids is 3. The van der Waals surface area contributed by atoms with Crippen LogP contribution in [0.1, 0.15) is 5.56 Å². The summed E-state index contributed by atoms with van der Waals surface area (Å²) < 4.78 is 10.1. The Morgan fingerprint density at radius 3 is 2.78 bits per heavy atom. The second-order valence-corrected chi connectivity index (χ2v) is 4.73. The number of esters is 1. The third-order valence-electron chi connectivity index (χ3n) is 3.06. The van der Waals surface area contributed by atoms with E-state index in [0.717, 1.165) is 0 Å². The van der Waals surface area contributed by atoms with Gasteiger partial charge in [0.05, 0.1) is 19.2 Å². The highest BCUT2D eigenvalue weighted by atomic mass is 16.5. The summed E-state index contributed by atoms with van der Waals surface area (Å²) in [4.78, 5) is 34.1. The molecule has 0 aliphatic carbocycles. The Morgan fingerprint density at radius 2 is 2.04 bits per heavy atom. The van der Waals surface area contributed by atoms with E-state index in [1.807, 2.05) is 0 Å². The molecule has 1 aromatic carbocycles. The van der Waals surface area contributed by atoms with Gasteiger partial charge in [-0.1, -0.05) is 0 Å². The van der Waals surface area contributed by atoms with Gasteiger partial charge >= 0.3 is 5.97 Å². The quantitative estimate of drug-likeness (QED) is 0.649. The lowest BCUT2D eigenvalue weighted by Gasteiger charge is -2.05. The molecule has 0 aliphatic heterocycles. The number of hydrogen-bond acceptors (Lipinski definition) is 6. The molecule has 8 nitrogen and oxygen atoms in total. The molecule has 3 N–H and O–H groups in total. The van der Waals surface area contributed by atoms with Crippen LogP contribution in [-0.4, -0.2) is 43.1 Å². The first-order valence-electron chi connectivity index (χ1n) is 6.81. The highest BCUT2D eigenvalue weighted by molar-refractivity contribution is 5.88. The van der Waals surface area contributed by atoms with Crippen molar-refractivity contribution in [3.63, 3.8) is 0 Å². The van der Waals surface area contributed by atoms with Crippen LogP contribution in [0, 0.1) is 0 Å². The van der Waals surface area contributed by atoms with Gasteiger partial charge in [0.15, 0.2) is 6.61 Å². The molecule has 0 aliphatic rings. The van der Waals surface area contributed by atoms with Crippen LogP contribution in [0.5, 0.6) is 5.75 Å². The molecule has 0 atom stereocenters. The van der Waals surface area contributed by atoms with Crippen molar-refractivity contribution in [1.29, 1.82) is 0 Å². The van der Waals surface area contributed by atoms with Gasteiger partial charge in [0, 0.05) is 24.1 Å². The van der Waals surface area contributed by atoms with Crippen molar-refractivity contribution in [2.75, 3.05) is 20.2 Å². The highest BCUT2D eigenvalue weighted by Crippen LogP contribution is 2.25. The molecular formula is C15H16N2O6. The molecule has 2 amide bonds. The molecule has 0 saturated heterocycles. The molecule has 0 spiro atoms. The van der Waals surface area contributed by atoms with Crippen LogP contribution in [0.4, 0.5) is 0 Å². The van der Waals surface area contributed by atoms with Gasteiger partial charge in [0.2, 0.25) is 5.91 Å². The number of rotatable bonds is 6. The number of aromatic hydroxyl groups is 1. The molecule has 122 valence electrons. The van der Waals surface area contributed by atoms with Crippen molar-refractivity contribution < 1.29 is 28.6 Å². The molecule has 2 rings (SSSR count). The Morgan fingerprint density at radius 1 is 1.26 bits per heavy atom. The Kier molecular flexibility index (Phi) is 5.19. The second-order valence-electron chi connectivity index (χ2n) is 4.73. The van der Waals surface area contributed by atoms with Gasteiger partial charge in [-0.15, -0.1) is 0 Å². The van der Waals surface area contributed by atoms with Gasteiger partial charge < -0.3 is 24.9 Å². The number of hydrogen-bond donors (Lipinski definition) is 3. The van der Waals surface area contributed by atoms with Crippen LogP contribution in [0.2, 0.25) is 0 Å². The van der Waals surface area contributed by atoms with Crippen LogP contribution in [-0.2, 0) is 25.5 Å². The van der Waals surface area contributed by atoms with Crippen LogP contribution < -0.4 is 10.6 Å². The predicted molar refractivity (Wildman–Crippen MR) is 79.6 cm³/mol. The van der Waals surface area contributed by atoms with Crippen molar-refractivity contribution in [1.82, 2.24) is 10.6 Å². The average molecular weight is 320 g/mol. The van der Waals surface area contributed by atoms with Gasteiger partial charge in [-0.3, -0.25) is 14.4 Å². The SMILES string of the molecule is CNC(=O)CNC(=O)COC(=O)Cc1coc2cc(O)ccc12. The van der Waals surface area contributed by atoms with E-state index in [-0.39, 0.29) is 24.6 Å². The summed E-state index contributed by atoms with van der Waals surface area (Å²) in [6.45, 7) is -0.644. The minimum Gasteiger partial charge on any atom is -0.508 e. The van der Waals surface area contributed by atoms with Gasteiger partial charge in [-0.25, -0.2) is 0 Å².